The molecule has 8 aromatic carbocycles. The molecule has 0 aliphatic carbocycles. The molecule has 0 aliphatic heterocycles. The fourth-order valence-electron chi connectivity index (χ4n) is 7.32. The summed E-state index contributed by atoms with van der Waals surface area (Å²) in [4.78, 5) is 2.44. The van der Waals surface area contributed by atoms with Gasteiger partial charge in [-0.1, -0.05) is 121 Å². The van der Waals surface area contributed by atoms with Gasteiger partial charge in [-0.2, -0.15) is 0 Å². The molecular formula is C44H27NOS. The van der Waals surface area contributed by atoms with Gasteiger partial charge < -0.3 is 9.32 Å². The lowest BCUT2D eigenvalue weighted by molar-refractivity contribution is 0.669. The molecule has 0 radical (unpaired) electrons. The molecule has 2 nitrogen and oxygen atoms in total. The Morgan fingerprint density at radius 3 is 2.09 bits per heavy atom. The number of rotatable bonds is 4. The predicted molar refractivity (Wildman–Crippen MR) is 202 cm³/mol. The van der Waals surface area contributed by atoms with Gasteiger partial charge in [0.2, 0.25) is 0 Å². The lowest BCUT2D eigenvalue weighted by Gasteiger charge is -2.28. The predicted octanol–water partition coefficient (Wildman–Crippen LogP) is 13.4. The minimum absolute atomic E-state index is 0.881. The van der Waals surface area contributed by atoms with Crippen molar-refractivity contribution in [3.8, 4) is 11.1 Å². The molecule has 0 unspecified atom stereocenters. The van der Waals surface area contributed by atoms with Gasteiger partial charge in [-0.05, 0) is 63.7 Å². The van der Waals surface area contributed by atoms with Gasteiger partial charge in [-0.3, -0.25) is 0 Å². The van der Waals surface area contributed by atoms with Crippen LogP contribution in [0.4, 0.5) is 17.1 Å². The molecule has 10 aromatic rings. The van der Waals surface area contributed by atoms with Crippen molar-refractivity contribution in [2.45, 2.75) is 0 Å². The molecule has 0 N–H and O–H groups in total. The molecule has 0 bridgehead atoms. The summed E-state index contributed by atoms with van der Waals surface area (Å²) in [5.74, 6) is 0. The Morgan fingerprint density at radius 2 is 1.17 bits per heavy atom. The van der Waals surface area contributed by atoms with E-state index in [2.05, 4.69) is 157 Å². The van der Waals surface area contributed by atoms with Gasteiger partial charge in [-0.15, -0.1) is 11.3 Å². The normalized spacial score (nSPS) is 11.8. The highest BCUT2D eigenvalue weighted by atomic mass is 32.1. The van der Waals surface area contributed by atoms with E-state index in [4.69, 9.17) is 4.42 Å². The summed E-state index contributed by atoms with van der Waals surface area (Å²) in [6.07, 6.45) is 0. The minimum atomic E-state index is 0.881. The van der Waals surface area contributed by atoms with Crippen molar-refractivity contribution >= 4 is 92.1 Å². The summed E-state index contributed by atoms with van der Waals surface area (Å²) in [6, 6.07) is 59.0. The second-order valence-electron chi connectivity index (χ2n) is 12.1. The Kier molecular flexibility index (Phi) is 5.78. The van der Waals surface area contributed by atoms with E-state index in [0.29, 0.717) is 0 Å². The molecule has 0 atom stereocenters. The first kappa shape index (κ1) is 26.3. The number of hydrogen-bond acceptors (Lipinski definition) is 3. The molecule has 2 aromatic heterocycles. The van der Waals surface area contributed by atoms with Crippen LogP contribution < -0.4 is 4.90 Å². The Morgan fingerprint density at radius 1 is 0.447 bits per heavy atom. The van der Waals surface area contributed by atoms with Gasteiger partial charge in [0.1, 0.15) is 11.2 Å². The second kappa shape index (κ2) is 10.3. The van der Waals surface area contributed by atoms with Crippen LogP contribution in [0.15, 0.2) is 168 Å². The van der Waals surface area contributed by atoms with E-state index in [1.54, 1.807) is 0 Å². The third-order valence-corrected chi connectivity index (χ3v) is 10.7. The molecular weight excluding hydrogens is 591 g/mol. The average Bonchev–Trinajstić information content (AvgIpc) is 3.71. The van der Waals surface area contributed by atoms with Crippen LogP contribution >= 0.6 is 11.3 Å². The van der Waals surface area contributed by atoms with Gasteiger partial charge in [0.05, 0.1) is 11.4 Å². The van der Waals surface area contributed by atoms with Crippen molar-refractivity contribution in [3.05, 3.63) is 164 Å². The second-order valence-corrected chi connectivity index (χ2v) is 13.1. The standard InChI is InChI=1S/C44H27NOS/c1-2-11-28(12-3-1)32-25-26-39(43-37-16-7-9-20-42(37)47-44(32)43)45(30-22-24-36-35-15-6-8-19-40(35)46-41(36)27-30)38-18-10-17-33-31-14-5-4-13-29(31)21-23-34(33)38/h1-27H. The summed E-state index contributed by atoms with van der Waals surface area (Å²) >= 11 is 1.87. The van der Waals surface area contributed by atoms with Crippen molar-refractivity contribution in [2.24, 2.45) is 0 Å². The molecule has 0 aliphatic rings. The summed E-state index contributed by atoms with van der Waals surface area (Å²) in [5.41, 5.74) is 7.60. The first-order valence-electron chi connectivity index (χ1n) is 15.9. The Labute approximate surface area is 275 Å². The monoisotopic (exact) mass is 617 g/mol. The molecule has 0 fully saturated rings. The quantitative estimate of drug-likeness (QED) is 0.183. The number of hydrogen-bond donors (Lipinski definition) is 0. The van der Waals surface area contributed by atoms with Crippen LogP contribution in [0.2, 0.25) is 0 Å². The fraction of sp³-hybridized carbons (Fsp3) is 0. The maximum atomic E-state index is 6.46. The number of nitrogens with zero attached hydrogens (tertiary/aromatic N) is 1. The minimum Gasteiger partial charge on any atom is -0.456 e. The topological polar surface area (TPSA) is 16.4 Å². The molecule has 2 heterocycles. The van der Waals surface area contributed by atoms with Crippen molar-refractivity contribution in [1.29, 1.82) is 0 Å². The van der Waals surface area contributed by atoms with Crippen LogP contribution in [0.5, 0.6) is 0 Å². The zero-order valence-corrected chi connectivity index (χ0v) is 26.2. The van der Waals surface area contributed by atoms with Crippen LogP contribution in [0, 0.1) is 0 Å². The van der Waals surface area contributed by atoms with Crippen LogP contribution in [-0.2, 0) is 0 Å². The summed E-state index contributed by atoms with van der Waals surface area (Å²) in [6.45, 7) is 0. The van der Waals surface area contributed by atoms with Crippen molar-refractivity contribution < 1.29 is 4.42 Å². The highest BCUT2D eigenvalue weighted by Crippen LogP contribution is 2.50. The number of fused-ring (bicyclic) bond motifs is 9. The van der Waals surface area contributed by atoms with Gasteiger partial charge in [0.25, 0.3) is 0 Å². The highest BCUT2D eigenvalue weighted by Gasteiger charge is 2.23. The van der Waals surface area contributed by atoms with Crippen LogP contribution in [-0.4, -0.2) is 0 Å². The lowest BCUT2D eigenvalue weighted by atomic mass is 9.98. The molecule has 220 valence electrons. The average molecular weight is 618 g/mol. The number of furan rings is 1. The third-order valence-electron chi connectivity index (χ3n) is 9.45. The Balaban J connectivity index is 1.32. The van der Waals surface area contributed by atoms with E-state index in [9.17, 15) is 0 Å². The molecule has 3 heteroatoms. The van der Waals surface area contributed by atoms with E-state index < -0.39 is 0 Å². The molecule has 0 spiro atoms. The highest BCUT2D eigenvalue weighted by molar-refractivity contribution is 7.26. The molecule has 10 rings (SSSR count). The molecule has 47 heavy (non-hydrogen) atoms. The summed E-state index contributed by atoms with van der Waals surface area (Å²) in [5, 5.41) is 9.72. The number of thiophene rings is 1. The molecule has 0 amide bonds. The Hall–Kier alpha value is -5.90. The zero-order chi connectivity index (χ0) is 30.9. The van der Waals surface area contributed by atoms with Gasteiger partial charge in [0.15, 0.2) is 0 Å². The summed E-state index contributed by atoms with van der Waals surface area (Å²) < 4.78 is 9.02. The van der Waals surface area contributed by atoms with Crippen molar-refractivity contribution in [1.82, 2.24) is 0 Å². The maximum Gasteiger partial charge on any atom is 0.137 e. The first-order chi connectivity index (χ1) is 23.3. The maximum absolute atomic E-state index is 6.46. The van der Waals surface area contributed by atoms with E-state index in [1.165, 1.54) is 52.8 Å². The number of para-hydroxylation sites is 1. The largest absolute Gasteiger partial charge is 0.456 e. The van der Waals surface area contributed by atoms with Crippen molar-refractivity contribution in [3.63, 3.8) is 0 Å². The Bertz CT molecular complexity index is 2810. The van der Waals surface area contributed by atoms with Crippen LogP contribution in [0.1, 0.15) is 0 Å². The van der Waals surface area contributed by atoms with Crippen molar-refractivity contribution in [2.75, 3.05) is 4.90 Å². The van der Waals surface area contributed by atoms with Gasteiger partial charge >= 0.3 is 0 Å². The van der Waals surface area contributed by atoms with E-state index in [1.807, 2.05) is 23.5 Å². The SMILES string of the molecule is c1ccc(-c2ccc(N(c3ccc4c(c3)oc3ccccc34)c3cccc4c3ccc3ccccc34)c3c2sc2ccccc23)cc1. The molecule has 0 saturated heterocycles. The zero-order valence-electron chi connectivity index (χ0n) is 25.4. The van der Waals surface area contributed by atoms with E-state index in [-0.39, 0.29) is 0 Å². The number of anilines is 3. The van der Waals surface area contributed by atoms with E-state index >= 15 is 0 Å². The van der Waals surface area contributed by atoms with Crippen LogP contribution in [0.3, 0.4) is 0 Å². The summed E-state index contributed by atoms with van der Waals surface area (Å²) in [7, 11) is 0. The third kappa shape index (κ3) is 4.04. The van der Waals surface area contributed by atoms with Gasteiger partial charge in [0, 0.05) is 48.1 Å². The van der Waals surface area contributed by atoms with E-state index in [0.717, 1.165) is 39.0 Å². The fourth-order valence-corrected chi connectivity index (χ4v) is 8.58. The molecule has 0 saturated carbocycles. The van der Waals surface area contributed by atoms with Gasteiger partial charge in [-0.25, -0.2) is 0 Å². The first-order valence-corrected chi connectivity index (χ1v) is 16.7. The lowest BCUT2D eigenvalue weighted by Crippen LogP contribution is -2.11. The van der Waals surface area contributed by atoms with Crippen LogP contribution in [0.25, 0.3) is 74.8 Å². The smallest absolute Gasteiger partial charge is 0.137 e. The number of benzene rings is 8.